The monoisotopic (exact) mass is 507 g/mol. The van der Waals surface area contributed by atoms with Crippen molar-refractivity contribution in [3.05, 3.63) is 59.4 Å². The molecular weight excluding hydrogens is 470 g/mol. The zero-order valence-corrected chi connectivity index (χ0v) is 22.7. The van der Waals surface area contributed by atoms with Gasteiger partial charge in [-0.2, -0.15) is 0 Å². The molecule has 1 aromatic carbocycles. The van der Waals surface area contributed by atoms with Gasteiger partial charge in [-0.15, -0.1) is 0 Å². The van der Waals surface area contributed by atoms with E-state index in [0.717, 1.165) is 16.8 Å². The molecule has 0 N–H and O–H groups in total. The summed E-state index contributed by atoms with van der Waals surface area (Å²) >= 11 is 0. The summed E-state index contributed by atoms with van der Waals surface area (Å²) in [6.45, 7) is 11.9. The van der Waals surface area contributed by atoms with Crippen molar-refractivity contribution in [3.63, 3.8) is 0 Å². The number of piperidine rings is 1. The van der Waals surface area contributed by atoms with Crippen LogP contribution in [0.25, 0.3) is 5.57 Å². The van der Waals surface area contributed by atoms with Crippen molar-refractivity contribution in [1.29, 1.82) is 0 Å². The van der Waals surface area contributed by atoms with Crippen LogP contribution in [-0.2, 0) is 4.74 Å². The average Bonchev–Trinajstić information content (AvgIpc) is 2.88. The number of benzene rings is 1. The molecule has 37 heavy (non-hydrogen) atoms. The van der Waals surface area contributed by atoms with E-state index in [9.17, 15) is 9.59 Å². The first-order valence-electron chi connectivity index (χ1n) is 12.9. The quantitative estimate of drug-likeness (QED) is 0.556. The predicted octanol–water partition coefficient (Wildman–Crippen LogP) is 5.17. The summed E-state index contributed by atoms with van der Waals surface area (Å²) in [4.78, 5) is 33.6. The molecule has 0 bridgehead atoms. The van der Waals surface area contributed by atoms with Crippen molar-refractivity contribution < 1.29 is 23.8 Å². The first-order valence-corrected chi connectivity index (χ1v) is 12.9. The summed E-state index contributed by atoms with van der Waals surface area (Å²) in [6.07, 6.45) is 4.67. The van der Waals surface area contributed by atoms with Crippen molar-refractivity contribution in [3.8, 4) is 11.5 Å². The van der Waals surface area contributed by atoms with Gasteiger partial charge in [0.25, 0.3) is 5.91 Å². The van der Waals surface area contributed by atoms with E-state index in [4.69, 9.17) is 19.2 Å². The minimum absolute atomic E-state index is 0.0334. The Bertz CT molecular complexity index is 1170. The van der Waals surface area contributed by atoms with Crippen LogP contribution < -0.4 is 9.47 Å². The maximum absolute atomic E-state index is 12.8. The molecule has 0 atom stereocenters. The Kier molecular flexibility index (Phi) is 7.48. The third-order valence-electron chi connectivity index (χ3n) is 6.80. The van der Waals surface area contributed by atoms with Crippen LogP contribution >= 0.6 is 0 Å². The topological polar surface area (TPSA) is 81.2 Å². The second-order valence-corrected chi connectivity index (χ2v) is 10.4. The predicted molar refractivity (Wildman–Crippen MR) is 142 cm³/mol. The number of carbonyl (C=O) groups is 2. The van der Waals surface area contributed by atoms with Gasteiger partial charge in [-0.25, -0.2) is 4.79 Å². The number of pyridine rings is 1. The van der Waals surface area contributed by atoms with E-state index in [-0.39, 0.29) is 12.0 Å². The fourth-order valence-corrected chi connectivity index (χ4v) is 4.83. The molecule has 4 rings (SSSR count). The van der Waals surface area contributed by atoms with Crippen molar-refractivity contribution in [2.45, 2.75) is 58.7 Å². The second kappa shape index (κ2) is 10.4. The molecule has 2 aromatic rings. The zero-order valence-electron chi connectivity index (χ0n) is 22.7. The Morgan fingerprint density at radius 1 is 1.11 bits per heavy atom. The highest BCUT2D eigenvalue weighted by atomic mass is 16.6. The van der Waals surface area contributed by atoms with Gasteiger partial charge in [0.15, 0.2) is 0 Å². The average molecular weight is 508 g/mol. The molecular formula is C29H37N3O5. The molecule has 198 valence electrons. The molecule has 2 aliphatic heterocycles. The van der Waals surface area contributed by atoms with Crippen LogP contribution in [0.15, 0.2) is 42.6 Å². The highest BCUT2D eigenvalue weighted by molar-refractivity contribution is 5.94. The largest absolute Gasteiger partial charge is 0.496 e. The van der Waals surface area contributed by atoms with E-state index in [0.29, 0.717) is 56.1 Å². The Balaban J connectivity index is 1.66. The van der Waals surface area contributed by atoms with Gasteiger partial charge in [0.1, 0.15) is 22.7 Å². The Labute approximate surface area is 219 Å². The number of aromatic nitrogens is 1. The van der Waals surface area contributed by atoms with E-state index in [1.807, 2.05) is 65.0 Å². The highest BCUT2D eigenvalue weighted by Crippen LogP contribution is 2.46. The van der Waals surface area contributed by atoms with E-state index in [1.165, 1.54) is 0 Å². The number of ether oxygens (including phenoxy) is 3. The van der Waals surface area contributed by atoms with Gasteiger partial charge < -0.3 is 24.0 Å². The summed E-state index contributed by atoms with van der Waals surface area (Å²) in [7, 11) is 1.64. The van der Waals surface area contributed by atoms with Gasteiger partial charge in [-0.05, 0) is 65.0 Å². The number of rotatable bonds is 5. The molecule has 0 aliphatic carbocycles. The summed E-state index contributed by atoms with van der Waals surface area (Å²) in [5, 5.41) is 0. The van der Waals surface area contributed by atoms with E-state index in [1.54, 1.807) is 23.1 Å². The van der Waals surface area contributed by atoms with Crippen molar-refractivity contribution in [1.82, 2.24) is 14.8 Å². The molecule has 2 amide bonds. The van der Waals surface area contributed by atoms with Gasteiger partial charge in [0.2, 0.25) is 0 Å². The fourth-order valence-electron chi connectivity index (χ4n) is 4.83. The number of hydrogen-bond donors (Lipinski definition) is 0. The van der Waals surface area contributed by atoms with Crippen LogP contribution in [0.3, 0.4) is 0 Å². The molecule has 8 heteroatoms. The van der Waals surface area contributed by atoms with E-state index >= 15 is 0 Å². The fraction of sp³-hybridized carbons (Fsp3) is 0.483. The van der Waals surface area contributed by atoms with E-state index < -0.39 is 11.2 Å². The number of nitrogens with zero attached hydrogens (tertiary/aromatic N) is 3. The lowest BCUT2D eigenvalue weighted by Gasteiger charge is -2.43. The summed E-state index contributed by atoms with van der Waals surface area (Å²) < 4.78 is 17.8. The lowest BCUT2D eigenvalue weighted by molar-refractivity contribution is -0.00122. The number of hydrogen-bond acceptors (Lipinski definition) is 6. The standard InChI is InChI=1S/C29H37N3O5/c1-7-31(8-2)26(33)20-12-13-22(30-19-20)21-18-29(36-24-11-9-10-23(35-6)25(21)24)14-16-32(17-15-29)27(34)37-28(3,4)5/h9-13,18-19H,7-8,14-17H2,1-6H3. The molecule has 2 aliphatic rings. The second-order valence-electron chi connectivity index (χ2n) is 10.4. The molecule has 0 radical (unpaired) electrons. The molecule has 3 heterocycles. The Hall–Kier alpha value is -3.55. The Morgan fingerprint density at radius 3 is 2.38 bits per heavy atom. The van der Waals surface area contributed by atoms with Crippen LogP contribution in [0, 0.1) is 0 Å². The molecule has 1 aromatic heterocycles. The maximum atomic E-state index is 12.8. The van der Waals surface area contributed by atoms with Gasteiger partial charge in [0, 0.05) is 50.8 Å². The first-order chi connectivity index (χ1) is 17.6. The zero-order chi connectivity index (χ0) is 26.8. The molecule has 0 saturated carbocycles. The molecule has 8 nitrogen and oxygen atoms in total. The first kappa shape index (κ1) is 26.5. The van der Waals surface area contributed by atoms with Crippen LogP contribution in [0.1, 0.15) is 69.1 Å². The SMILES string of the molecule is CCN(CC)C(=O)c1ccc(C2=CC3(CCN(C(=O)OC(C)(C)C)CC3)Oc3cccc(OC)c32)nc1. The minimum Gasteiger partial charge on any atom is -0.496 e. The normalized spacial score (nSPS) is 16.4. The minimum atomic E-state index is -0.593. The summed E-state index contributed by atoms with van der Waals surface area (Å²) in [5.74, 6) is 1.37. The summed E-state index contributed by atoms with van der Waals surface area (Å²) in [5.41, 5.74) is 1.89. The van der Waals surface area contributed by atoms with Crippen LogP contribution in [0.2, 0.25) is 0 Å². The summed E-state index contributed by atoms with van der Waals surface area (Å²) in [6, 6.07) is 9.45. The van der Waals surface area contributed by atoms with Crippen molar-refractivity contribution in [2.75, 3.05) is 33.3 Å². The number of likely N-dealkylation sites (tertiary alicyclic amines) is 1. The Morgan fingerprint density at radius 2 is 1.81 bits per heavy atom. The lowest BCUT2D eigenvalue weighted by atomic mass is 9.83. The lowest BCUT2D eigenvalue weighted by Crippen LogP contribution is -2.50. The third-order valence-corrected chi connectivity index (χ3v) is 6.80. The van der Waals surface area contributed by atoms with Crippen LogP contribution in [0.4, 0.5) is 4.79 Å². The number of carbonyl (C=O) groups excluding carboxylic acids is 2. The van der Waals surface area contributed by atoms with Gasteiger partial charge in [0.05, 0.1) is 23.9 Å². The molecule has 1 spiro atoms. The number of amides is 2. The maximum Gasteiger partial charge on any atom is 0.410 e. The van der Waals surface area contributed by atoms with Gasteiger partial charge in [-0.1, -0.05) is 6.07 Å². The number of methoxy groups -OCH3 is 1. The number of fused-ring (bicyclic) bond motifs is 1. The van der Waals surface area contributed by atoms with Crippen molar-refractivity contribution in [2.24, 2.45) is 0 Å². The smallest absolute Gasteiger partial charge is 0.410 e. The van der Waals surface area contributed by atoms with Gasteiger partial charge in [-0.3, -0.25) is 9.78 Å². The molecule has 0 unspecified atom stereocenters. The van der Waals surface area contributed by atoms with Crippen molar-refractivity contribution >= 4 is 17.6 Å². The van der Waals surface area contributed by atoms with Crippen LogP contribution in [-0.4, -0.2) is 71.3 Å². The van der Waals surface area contributed by atoms with E-state index in [2.05, 4.69) is 6.08 Å². The molecule has 1 saturated heterocycles. The highest BCUT2D eigenvalue weighted by Gasteiger charge is 2.41. The molecule has 1 fully saturated rings. The van der Waals surface area contributed by atoms with Crippen LogP contribution in [0.5, 0.6) is 11.5 Å². The third kappa shape index (κ3) is 5.58. The van der Waals surface area contributed by atoms with Gasteiger partial charge >= 0.3 is 6.09 Å².